The lowest BCUT2D eigenvalue weighted by Crippen LogP contribution is -2.21. The Morgan fingerprint density at radius 2 is 1.82 bits per heavy atom. The molecule has 66 valence electrons. The fourth-order valence-electron chi connectivity index (χ4n) is 1.77. The Bertz CT molecular complexity index is 87.6. The maximum absolute atomic E-state index is 4.84. The van der Waals surface area contributed by atoms with Gasteiger partial charge in [0.05, 0.1) is 7.11 Å². The van der Waals surface area contributed by atoms with Gasteiger partial charge in [-0.05, 0) is 18.8 Å². The van der Waals surface area contributed by atoms with Crippen LogP contribution in [-0.2, 0) is 4.84 Å². The monoisotopic (exact) mass is 157 g/mol. The van der Waals surface area contributed by atoms with Crippen LogP contribution in [0.1, 0.15) is 38.5 Å². The van der Waals surface area contributed by atoms with Crippen LogP contribution in [-0.4, -0.2) is 13.7 Å². The number of hydrogen-bond acceptors (Lipinski definition) is 2. The van der Waals surface area contributed by atoms with Gasteiger partial charge in [0.2, 0.25) is 0 Å². The summed E-state index contributed by atoms with van der Waals surface area (Å²) in [6, 6.07) is 0. The first kappa shape index (κ1) is 9.01. The molecule has 1 saturated carbocycles. The number of hydroxylamine groups is 1. The Labute approximate surface area is 69.3 Å². The van der Waals surface area contributed by atoms with Crippen molar-refractivity contribution in [3.8, 4) is 0 Å². The molecule has 0 unspecified atom stereocenters. The van der Waals surface area contributed by atoms with E-state index < -0.39 is 0 Å². The van der Waals surface area contributed by atoms with Crippen LogP contribution in [0.15, 0.2) is 0 Å². The van der Waals surface area contributed by atoms with Crippen LogP contribution in [0.5, 0.6) is 0 Å². The molecule has 2 nitrogen and oxygen atoms in total. The largest absolute Gasteiger partial charge is 0.305 e. The molecule has 1 fully saturated rings. The highest BCUT2D eigenvalue weighted by atomic mass is 16.6. The first-order valence-corrected chi connectivity index (χ1v) is 4.69. The Hall–Kier alpha value is -0.0800. The summed E-state index contributed by atoms with van der Waals surface area (Å²) < 4.78 is 0. The lowest BCUT2D eigenvalue weighted by atomic mass is 10.0. The van der Waals surface area contributed by atoms with Gasteiger partial charge < -0.3 is 4.84 Å². The molecule has 0 aromatic heterocycles. The molecular weight excluding hydrogens is 138 g/mol. The molecule has 1 N–H and O–H groups in total. The zero-order valence-electron chi connectivity index (χ0n) is 7.44. The molecule has 0 heterocycles. The molecule has 1 rings (SSSR count). The summed E-state index contributed by atoms with van der Waals surface area (Å²) in [5, 5.41) is 0. The maximum Gasteiger partial charge on any atom is 0.0572 e. The second-order valence-electron chi connectivity index (χ2n) is 3.41. The van der Waals surface area contributed by atoms with Gasteiger partial charge in [-0.3, -0.25) is 0 Å². The molecule has 0 atom stereocenters. The Morgan fingerprint density at radius 1 is 1.18 bits per heavy atom. The first-order valence-electron chi connectivity index (χ1n) is 4.69. The summed E-state index contributed by atoms with van der Waals surface area (Å²) in [4.78, 5) is 4.84. The third-order valence-corrected chi connectivity index (χ3v) is 2.49. The van der Waals surface area contributed by atoms with Gasteiger partial charge in [-0.2, -0.15) is 0 Å². The number of hydrogen-bond donors (Lipinski definition) is 1. The Morgan fingerprint density at radius 3 is 2.36 bits per heavy atom. The normalized spacial score (nSPS) is 21.5. The summed E-state index contributed by atoms with van der Waals surface area (Å²) in [6.07, 6.45) is 8.46. The first-order chi connectivity index (χ1) is 5.43. The minimum absolute atomic E-state index is 0.859. The molecule has 0 amide bonds. The van der Waals surface area contributed by atoms with E-state index in [1.165, 1.54) is 38.5 Å². The van der Waals surface area contributed by atoms with Crippen molar-refractivity contribution < 1.29 is 4.84 Å². The maximum atomic E-state index is 4.84. The topological polar surface area (TPSA) is 21.3 Å². The molecule has 0 aromatic carbocycles. The van der Waals surface area contributed by atoms with Crippen molar-refractivity contribution in [3.63, 3.8) is 0 Å². The van der Waals surface area contributed by atoms with E-state index in [9.17, 15) is 0 Å². The fraction of sp³-hybridized carbons (Fsp3) is 1.00. The van der Waals surface area contributed by atoms with Crippen molar-refractivity contribution in [2.24, 2.45) is 5.92 Å². The van der Waals surface area contributed by atoms with Crippen LogP contribution in [0.2, 0.25) is 0 Å². The molecule has 1 aliphatic rings. The Kier molecular flexibility index (Phi) is 4.55. The summed E-state index contributed by atoms with van der Waals surface area (Å²) in [7, 11) is 1.69. The van der Waals surface area contributed by atoms with E-state index in [1.54, 1.807) is 7.11 Å². The third-order valence-electron chi connectivity index (χ3n) is 2.49. The van der Waals surface area contributed by atoms with Crippen LogP contribution in [0.3, 0.4) is 0 Å². The molecule has 0 spiro atoms. The van der Waals surface area contributed by atoms with Crippen LogP contribution >= 0.6 is 0 Å². The van der Waals surface area contributed by atoms with Gasteiger partial charge in [0.15, 0.2) is 0 Å². The van der Waals surface area contributed by atoms with Crippen molar-refractivity contribution in [3.05, 3.63) is 0 Å². The van der Waals surface area contributed by atoms with E-state index >= 15 is 0 Å². The minimum Gasteiger partial charge on any atom is -0.305 e. The molecular formula is C9H19NO. The van der Waals surface area contributed by atoms with E-state index in [0.29, 0.717) is 0 Å². The molecule has 0 radical (unpaired) electrons. The average molecular weight is 157 g/mol. The predicted molar refractivity (Wildman–Crippen MR) is 46.2 cm³/mol. The lowest BCUT2D eigenvalue weighted by molar-refractivity contribution is 0.0777. The van der Waals surface area contributed by atoms with Crippen molar-refractivity contribution in [1.82, 2.24) is 5.48 Å². The molecule has 0 saturated heterocycles. The van der Waals surface area contributed by atoms with Gasteiger partial charge in [-0.1, -0.05) is 25.7 Å². The average Bonchev–Trinajstić information content (AvgIpc) is 2.28. The summed E-state index contributed by atoms with van der Waals surface area (Å²) in [6.45, 7) is 1.04. The summed E-state index contributed by atoms with van der Waals surface area (Å²) in [5.41, 5.74) is 2.95. The third kappa shape index (κ3) is 3.73. The number of nitrogens with one attached hydrogen (secondary N) is 1. The van der Waals surface area contributed by atoms with Gasteiger partial charge in [0.1, 0.15) is 0 Å². The zero-order valence-corrected chi connectivity index (χ0v) is 7.44. The molecule has 0 bridgehead atoms. The van der Waals surface area contributed by atoms with Crippen LogP contribution < -0.4 is 5.48 Å². The van der Waals surface area contributed by atoms with Crippen molar-refractivity contribution in [2.75, 3.05) is 13.7 Å². The molecule has 0 aliphatic heterocycles. The van der Waals surface area contributed by atoms with Gasteiger partial charge in [-0.15, -0.1) is 0 Å². The summed E-state index contributed by atoms with van der Waals surface area (Å²) >= 11 is 0. The fourth-order valence-corrected chi connectivity index (χ4v) is 1.77. The lowest BCUT2D eigenvalue weighted by Gasteiger charge is -2.12. The highest BCUT2D eigenvalue weighted by Gasteiger charge is 2.10. The van der Waals surface area contributed by atoms with E-state index in [0.717, 1.165) is 12.5 Å². The van der Waals surface area contributed by atoms with Crippen molar-refractivity contribution >= 4 is 0 Å². The molecule has 11 heavy (non-hydrogen) atoms. The number of rotatable bonds is 3. The quantitative estimate of drug-likeness (QED) is 0.500. The van der Waals surface area contributed by atoms with Crippen LogP contribution in [0.25, 0.3) is 0 Å². The van der Waals surface area contributed by atoms with Gasteiger partial charge in [0.25, 0.3) is 0 Å². The predicted octanol–water partition coefficient (Wildman–Crippen LogP) is 2.11. The van der Waals surface area contributed by atoms with E-state index in [2.05, 4.69) is 5.48 Å². The van der Waals surface area contributed by atoms with Gasteiger partial charge in [-0.25, -0.2) is 5.48 Å². The van der Waals surface area contributed by atoms with Crippen LogP contribution in [0.4, 0.5) is 0 Å². The molecule has 2 heteroatoms. The van der Waals surface area contributed by atoms with E-state index in [-0.39, 0.29) is 0 Å². The highest BCUT2D eigenvalue weighted by Crippen LogP contribution is 2.21. The minimum atomic E-state index is 0.859. The SMILES string of the molecule is CONCC1CCCCCC1. The van der Waals surface area contributed by atoms with Gasteiger partial charge >= 0.3 is 0 Å². The highest BCUT2D eigenvalue weighted by molar-refractivity contribution is 4.64. The molecule has 1 aliphatic carbocycles. The smallest absolute Gasteiger partial charge is 0.0572 e. The Balaban J connectivity index is 2.09. The zero-order chi connectivity index (χ0) is 7.94. The van der Waals surface area contributed by atoms with Crippen LogP contribution in [0, 0.1) is 5.92 Å². The summed E-state index contributed by atoms with van der Waals surface area (Å²) in [5.74, 6) is 0.859. The van der Waals surface area contributed by atoms with E-state index in [1.807, 2.05) is 0 Å². The molecule has 0 aromatic rings. The second kappa shape index (κ2) is 5.56. The van der Waals surface area contributed by atoms with Crippen molar-refractivity contribution in [1.29, 1.82) is 0 Å². The van der Waals surface area contributed by atoms with Crippen molar-refractivity contribution in [2.45, 2.75) is 38.5 Å². The second-order valence-corrected chi connectivity index (χ2v) is 3.41. The standard InChI is InChI=1S/C9H19NO/c1-11-10-8-9-6-4-2-3-5-7-9/h9-10H,2-8H2,1H3. The van der Waals surface area contributed by atoms with E-state index in [4.69, 9.17) is 4.84 Å². The van der Waals surface area contributed by atoms with Gasteiger partial charge in [0, 0.05) is 6.54 Å².